The maximum Gasteiger partial charge on any atom is 0.257 e. The van der Waals surface area contributed by atoms with E-state index in [1.807, 2.05) is 24.3 Å². The number of amides is 1. The lowest BCUT2D eigenvalue weighted by atomic mass is 10.0. The molecule has 1 atom stereocenters. The van der Waals surface area contributed by atoms with Crippen LogP contribution < -0.4 is 0 Å². The van der Waals surface area contributed by atoms with Crippen LogP contribution in [0.15, 0.2) is 36.4 Å². The van der Waals surface area contributed by atoms with Crippen molar-refractivity contribution in [2.75, 3.05) is 13.6 Å². The van der Waals surface area contributed by atoms with Crippen LogP contribution in [0.3, 0.4) is 0 Å². The van der Waals surface area contributed by atoms with Crippen LogP contribution >= 0.6 is 0 Å². The molecule has 2 N–H and O–H groups in total. The van der Waals surface area contributed by atoms with Crippen LogP contribution in [0.4, 0.5) is 0 Å². The number of fused-ring (bicyclic) bond motifs is 1. The smallest absolute Gasteiger partial charge is 0.257 e. The number of aliphatic hydroxyl groups excluding tert-OH is 1. The molecule has 2 aromatic carbocycles. The van der Waals surface area contributed by atoms with Crippen molar-refractivity contribution in [2.45, 2.75) is 18.9 Å². The number of aliphatic hydroxyl groups is 1. The van der Waals surface area contributed by atoms with Crippen molar-refractivity contribution in [1.29, 1.82) is 0 Å². The monoisotopic (exact) mass is 285 g/mol. The molecular weight excluding hydrogens is 266 g/mol. The van der Waals surface area contributed by atoms with Crippen molar-refractivity contribution >= 4 is 16.7 Å². The van der Waals surface area contributed by atoms with Gasteiger partial charge in [-0.3, -0.25) is 4.79 Å². The molecule has 0 heterocycles. The highest BCUT2D eigenvalue weighted by atomic mass is 16.3. The average molecular weight is 285 g/mol. The van der Waals surface area contributed by atoms with E-state index in [2.05, 4.69) is 0 Å². The SMILES string of the molecule is CN(CC(O)C1CC1)C(=O)c1cc2ccccc2cc1O. The Kier molecular flexibility index (Phi) is 3.55. The summed E-state index contributed by atoms with van der Waals surface area (Å²) in [6.07, 6.45) is 1.59. The van der Waals surface area contributed by atoms with E-state index in [0.29, 0.717) is 12.5 Å². The van der Waals surface area contributed by atoms with E-state index in [9.17, 15) is 15.0 Å². The summed E-state index contributed by atoms with van der Waals surface area (Å²) in [5.74, 6) is 0.0369. The van der Waals surface area contributed by atoms with Gasteiger partial charge in [-0.05, 0) is 41.7 Å². The minimum atomic E-state index is -0.471. The first kappa shape index (κ1) is 13.9. The molecule has 1 saturated carbocycles. The fourth-order valence-corrected chi connectivity index (χ4v) is 2.60. The molecule has 0 spiro atoms. The third kappa shape index (κ3) is 2.85. The summed E-state index contributed by atoms with van der Waals surface area (Å²) < 4.78 is 0. The number of nitrogens with zero attached hydrogens (tertiary/aromatic N) is 1. The molecule has 1 fully saturated rings. The van der Waals surface area contributed by atoms with E-state index in [1.165, 1.54) is 4.90 Å². The van der Waals surface area contributed by atoms with Crippen molar-refractivity contribution < 1.29 is 15.0 Å². The first-order valence-corrected chi connectivity index (χ1v) is 7.21. The summed E-state index contributed by atoms with van der Waals surface area (Å²) in [4.78, 5) is 13.9. The van der Waals surface area contributed by atoms with E-state index in [4.69, 9.17) is 0 Å². The Morgan fingerprint density at radius 1 is 1.29 bits per heavy atom. The van der Waals surface area contributed by atoms with E-state index in [1.54, 1.807) is 19.2 Å². The number of aromatic hydroxyl groups is 1. The molecule has 1 unspecified atom stereocenters. The fraction of sp³-hybridized carbons (Fsp3) is 0.353. The van der Waals surface area contributed by atoms with Crippen LogP contribution in [0.5, 0.6) is 5.75 Å². The highest BCUT2D eigenvalue weighted by Gasteiger charge is 2.31. The molecule has 1 amide bonds. The Morgan fingerprint density at radius 2 is 1.90 bits per heavy atom. The molecule has 21 heavy (non-hydrogen) atoms. The third-order valence-corrected chi connectivity index (χ3v) is 4.07. The number of likely N-dealkylation sites (N-methyl/N-ethyl adjacent to an activating group) is 1. The zero-order valence-corrected chi connectivity index (χ0v) is 12.0. The molecule has 1 aliphatic rings. The van der Waals surface area contributed by atoms with Gasteiger partial charge in [0.1, 0.15) is 5.75 Å². The quantitative estimate of drug-likeness (QED) is 0.906. The normalized spacial score (nSPS) is 15.9. The molecular formula is C17H19NO3. The second-order valence-corrected chi connectivity index (χ2v) is 5.81. The molecule has 0 aromatic heterocycles. The van der Waals surface area contributed by atoms with Crippen LogP contribution in [-0.2, 0) is 0 Å². The highest BCUT2D eigenvalue weighted by molar-refractivity contribution is 6.01. The maximum absolute atomic E-state index is 12.4. The fourth-order valence-electron chi connectivity index (χ4n) is 2.60. The number of phenolic OH excluding ortho intramolecular Hbond substituents is 1. The zero-order chi connectivity index (χ0) is 15.0. The van der Waals surface area contributed by atoms with Gasteiger partial charge in [-0.1, -0.05) is 24.3 Å². The van der Waals surface area contributed by atoms with Crippen LogP contribution in [0.1, 0.15) is 23.2 Å². The molecule has 0 radical (unpaired) electrons. The summed E-state index contributed by atoms with van der Waals surface area (Å²) in [7, 11) is 1.66. The third-order valence-electron chi connectivity index (χ3n) is 4.07. The molecule has 4 heteroatoms. The summed E-state index contributed by atoms with van der Waals surface area (Å²) in [6.45, 7) is 0.301. The second-order valence-electron chi connectivity index (χ2n) is 5.81. The van der Waals surface area contributed by atoms with Gasteiger partial charge in [-0.2, -0.15) is 0 Å². The molecule has 0 aliphatic heterocycles. The zero-order valence-electron chi connectivity index (χ0n) is 12.0. The van der Waals surface area contributed by atoms with Crippen LogP contribution in [0, 0.1) is 5.92 Å². The molecule has 3 rings (SSSR count). The number of phenols is 1. The summed E-state index contributed by atoms with van der Waals surface area (Å²) in [5, 5.41) is 21.8. The van der Waals surface area contributed by atoms with E-state index < -0.39 is 6.10 Å². The highest BCUT2D eigenvalue weighted by Crippen LogP contribution is 2.33. The number of rotatable bonds is 4. The van der Waals surface area contributed by atoms with Crippen molar-refractivity contribution in [3.05, 3.63) is 42.0 Å². The van der Waals surface area contributed by atoms with Gasteiger partial charge in [-0.25, -0.2) is 0 Å². The number of carbonyl (C=O) groups excluding carboxylic acids is 1. The summed E-state index contributed by atoms with van der Waals surface area (Å²) in [6, 6.07) is 10.9. The second kappa shape index (κ2) is 5.37. The lowest BCUT2D eigenvalue weighted by Crippen LogP contribution is -2.35. The Morgan fingerprint density at radius 3 is 2.52 bits per heavy atom. The Hall–Kier alpha value is -2.07. The minimum absolute atomic E-state index is 0.0218. The van der Waals surface area contributed by atoms with E-state index in [0.717, 1.165) is 23.6 Å². The average Bonchev–Trinajstić information content (AvgIpc) is 3.30. The van der Waals surface area contributed by atoms with Gasteiger partial charge in [-0.15, -0.1) is 0 Å². The Labute approximate surface area is 123 Å². The maximum atomic E-state index is 12.4. The number of hydrogen-bond acceptors (Lipinski definition) is 3. The first-order valence-electron chi connectivity index (χ1n) is 7.21. The van der Waals surface area contributed by atoms with Gasteiger partial charge in [0.2, 0.25) is 0 Å². The van der Waals surface area contributed by atoms with Crippen molar-refractivity contribution in [1.82, 2.24) is 4.90 Å². The number of hydrogen-bond donors (Lipinski definition) is 2. The van der Waals surface area contributed by atoms with Gasteiger partial charge in [0.25, 0.3) is 5.91 Å². The number of benzene rings is 2. The standard InChI is InChI=1S/C17H19NO3/c1-18(10-16(20)11-6-7-11)17(21)14-8-12-4-2-3-5-13(12)9-15(14)19/h2-5,8-9,11,16,19-20H,6-7,10H2,1H3. The number of carbonyl (C=O) groups is 1. The van der Waals surface area contributed by atoms with Crippen LogP contribution in [0.2, 0.25) is 0 Å². The van der Waals surface area contributed by atoms with Gasteiger partial charge in [0, 0.05) is 13.6 Å². The van der Waals surface area contributed by atoms with Crippen LogP contribution in [-0.4, -0.2) is 40.7 Å². The van der Waals surface area contributed by atoms with Crippen molar-refractivity contribution in [3.63, 3.8) is 0 Å². The summed E-state index contributed by atoms with van der Waals surface area (Å²) >= 11 is 0. The molecule has 1 aliphatic carbocycles. The molecule has 4 nitrogen and oxygen atoms in total. The van der Waals surface area contributed by atoms with Gasteiger partial charge in [0.05, 0.1) is 11.7 Å². The van der Waals surface area contributed by atoms with E-state index >= 15 is 0 Å². The molecule has 0 saturated heterocycles. The lowest BCUT2D eigenvalue weighted by Gasteiger charge is -2.21. The van der Waals surface area contributed by atoms with Crippen LogP contribution in [0.25, 0.3) is 10.8 Å². The predicted molar refractivity (Wildman–Crippen MR) is 81.3 cm³/mol. The Balaban J connectivity index is 1.84. The van der Waals surface area contributed by atoms with Gasteiger partial charge < -0.3 is 15.1 Å². The molecule has 110 valence electrons. The first-order chi connectivity index (χ1) is 10.1. The lowest BCUT2D eigenvalue weighted by molar-refractivity contribution is 0.0643. The molecule has 0 bridgehead atoms. The molecule has 2 aromatic rings. The predicted octanol–water partition coefficient (Wildman–Crippen LogP) is 2.39. The van der Waals surface area contributed by atoms with Crippen molar-refractivity contribution in [2.24, 2.45) is 5.92 Å². The minimum Gasteiger partial charge on any atom is -0.507 e. The van der Waals surface area contributed by atoms with E-state index in [-0.39, 0.29) is 17.2 Å². The Bertz CT molecular complexity index is 679. The topological polar surface area (TPSA) is 60.8 Å². The van der Waals surface area contributed by atoms with Gasteiger partial charge in [0.15, 0.2) is 0 Å². The van der Waals surface area contributed by atoms with Gasteiger partial charge >= 0.3 is 0 Å². The largest absolute Gasteiger partial charge is 0.507 e. The van der Waals surface area contributed by atoms with Crippen molar-refractivity contribution in [3.8, 4) is 5.75 Å². The summed E-state index contributed by atoms with van der Waals surface area (Å²) in [5.41, 5.74) is 0.277.